The van der Waals surface area contributed by atoms with Gasteiger partial charge in [-0.1, -0.05) is 12.1 Å². The van der Waals surface area contributed by atoms with Gasteiger partial charge in [0.15, 0.2) is 0 Å². The van der Waals surface area contributed by atoms with Gasteiger partial charge in [0.2, 0.25) is 0 Å². The minimum Gasteiger partial charge on any atom is -0.388 e. The van der Waals surface area contributed by atoms with Gasteiger partial charge in [0.1, 0.15) is 15.7 Å². The van der Waals surface area contributed by atoms with Crippen LogP contribution in [0.2, 0.25) is 0 Å². The van der Waals surface area contributed by atoms with Crippen LogP contribution in [0.1, 0.15) is 28.9 Å². The van der Waals surface area contributed by atoms with Gasteiger partial charge < -0.3 is 10.4 Å². The van der Waals surface area contributed by atoms with E-state index >= 15 is 0 Å². The minimum atomic E-state index is -0.755. The van der Waals surface area contributed by atoms with Crippen LogP contribution in [0.4, 0.5) is 4.39 Å². The van der Waals surface area contributed by atoms with Crippen LogP contribution in [-0.2, 0) is 0 Å². The summed E-state index contributed by atoms with van der Waals surface area (Å²) in [6.45, 7) is 0.249. The minimum absolute atomic E-state index is 0.249. The third kappa shape index (κ3) is 2.96. The average Bonchev–Trinajstić information content (AvgIpc) is 2.93. The fraction of sp³-hybridized carbons (Fsp3) is 0.333. The molecule has 1 aromatic carbocycles. The first-order chi connectivity index (χ1) is 10.1. The highest BCUT2D eigenvalue weighted by atomic mass is 32.1. The Morgan fingerprint density at radius 1 is 1.43 bits per heavy atom. The summed E-state index contributed by atoms with van der Waals surface area (Å²) in [5.74, 6) is -0.641. The number of hydrogen-bond acceptors (Lipinski definition) is 4. The van der Waals surface area contributed by atoms with Crippen LogP contribution in [0.15, 0.2) is 30.5 Å². The maximum absolute atomic E-state index is 13.7. The quantitative estimate of drug-likeness (QED) is 0.912. The Morgan fingerprint density at radius 2 is 2.19 bits per heavy atom. The molecule has 0 saturated heterocycles. The zero-order valence-electron chi connectivity index (χ0n) is 11.3. The first-order valence-electron chi connectivity index (χ1n) is 6.79. The number of aliphatic hydroxyl groups is 1. The Bertz CT molecular complexity index is 667. The second-order valence-electron chi connectivity index (χ2n) is 5.27. The Kier molecular flexibility index (Phi) is 3.73. The van der Waals surface area contributed by atoms with E-state index in [2.05, 4.69) is 10.3 Å². The van der Waals surface area contributed by atoms with Crippen molar-refractivity contribution >= 4 is 17.2 Å². The molecule has 0 radical (unpaired) electrons. The van der Waals surface area contributed by atoms with Crippen molar-refractivity contribution in [1.82, 2.24) is 10.3 Å². The number of benzene rings is 1. The molecule has 21 heavy (non-hydrogen) atoms. The predicted molar refractivity (Wildman–Crippen MR) is 78.6 cm³/mol. The van der Waals surface area contributed by atoms with Crippen molar-refractivity contribution in [1.29, 1.82) is 0 Å². The molecule has 1 fully saturated rings. The summed E-state index contributed by atoms with van der Waals surface area (Å²) in [7, 11) is 0. The predicted octanol–water partition coefficient (Wildman–Crippen LogP) is 2.59. The van der Waals surface area contributed by atoms with Gasteiger partial charge in [-0.05, 0) is 31.4 Å². The van der Waals surface area contributed by atoms with Gasteiger partial charge in [0.05, 0.1) is 11.8 Å². The van der Waals surface area contributed by atoms with E-state index in [4.69, 9.17) is 0 Å². The molecule has 0 aliphatic heterocycles. The van der Waals surface area contributed by atoms with Crippen molar-refractivity contribution in [3.05, 3.63) is 41.2 Å². The number of amides is 1. The first-order valence-corrected chi connectivity index (χ1v) is 7.60. The topological polar surface area (TPSA) is 62.2 Å². The normalized spacial score (nSPS) is 16.3. The lowest BCUT2D eigenvalue weighted by atomic mass is 9.80. The van der Waals surface area contributed by atoms with E-state index in [-0.39, 0.29) is 18.3 Å². The van der Waals surface area contributed by atoms with Gasteiger partial charge in [-0.25, -0.2) is 9.37 Å². The number of nitrogens with one attached hydrogen (secondary N) is 1. The van der Waals surface area contributed by atoms with E-state index in [0.29, 0.717) is 15.4 Å². The van der Waals surface area contributed by atoms with Crippen LogP contribution in [0, 0.1) is 5.82 Å². The number of halogens is 1. The van der Waals surface area contributed by atoms with Crippen molar-refractivity contribution < 1.29 is 14.3 Å². The molecular formula is C15H15FN2O2S. The van der Waals surface area contributed by atoms with E-state index in [0.717, 1.165) is 30.6 Å². The second-order valence-corrected chi connectivity index (χ2v) is 6.30. The summed E-state index contributed by atoms with van der Waals surface area (Å²) in [6, 6.07) is 6.33. The molecule has 2 N–H and O–H groups in total. The monoisotopic (exact) mass is 306 g/mol. The smallest absolute Gasteiger partial charge is 0.263 e. The standard InChI is InChI=1S/C15H15FN2O2S/c16-11-5-2-1-4-10(11)14-17-8-12(21-14)13(19)18-9-15(20)6-3-7-15/h1-2,4-5,8,20H,3,6-7,9H2,(H,18,19). The van der Waals surface area contributed by atoms with Crippen LogP contribution in [0.25, 0.3) is 10.6 Å². The molecule has 0 spiro atoms. The Hall–Kier alpha value is -1.79. The molecule has 2 aromatic rings. The Morgan fingerprint density at radius 3 is 2.86 bits per heavy atom. The fourth-order valence-electron chi connectivity index (χ4n) is 2.23. The molecule has 4 nitrogen and oxygen atoms in total. The lowest BCUT2D eigenvalue weighted by Gasteiger charge is -2.36. The average molecular weight is 306 g/mol. The molecule has 1 aliphatic carbocycles. The maximum Gasteiger partial charge on any atom is 0.263 e. The third-order valence-corrected chi connectivity index (χ3v) is 4.73. The van der Waals surface area contributed by atoms with Crippen molar-refractivity contribution in [3.63, 3.8) is 0 Å². The SMILES string of the molecule is O=C(NCC1(O)CCC1)c1cnc(-c2ccccc2F)s1. The van der Waals surface area contributed by atoms with Crippen LogP contribution in [0.3, 0.4) is 0 Å². The molecule has 6 heteroatoms. The van der Waals surface area contributed by atoms with E-state index in [9.17, 15) is 14.3 Å². The van der Waals surface area contributed by atoms with Crippen LogP contribution < -0.4 is 5.32 Å². The number of carbonyl (C=O) groups is 1. The Balaban J connectivity index is 1.70. The highest BCUT2D eigenvalue weighted by molar-refractivity contribution is 7.16. The first kappa shape index (κ1) is 14.2. The molecule has 110 valence electrons. The molecule has 0 atom stereocenters. The van der Waals surface area contributed by atoms with E-state index < -0.39 is 5.60 Å². The number of thiazole rings is 1. The van der Waals surface area contributed by atoms with Gasteiger partial charge in [-0.3, -0.25) is 4.79 Å². The molecule has 1 aromatic heterocycles. The van der Waals surface area contributed by atoms with Gasteiger partial charge in [-0.2, -0.15) is 0 Å². The lowest BCUT2D eigenvalue weighted by molar-refractivity contribution is -0.0300. The molecular weight excluding hydrogens is 291 g/mol. The molecule has 0 unspecified atom stereocenters. The maximum atomic E-state index is 13.7. The van der Waals surface area contributed by atoms with E-state index in [1.807, 2.05) is 0 Å². The Labute approximate surface area is 125 Å². The summed E-state index contributed by atoms with van der Waals surface area (Å²) < 4.78 is 13.7. The summed E-state index contributed by atoms with van der Waals surface area (Å²) in [5, 5.41) is 13.1. The fourth-order valence-corrected chi connectivity index (χ4v) is 3.09. The summed E-state index contributed by atoms with van der Waals surface area (Å²) in [6.07, 6.45) is 3.86. The zero-order chi connectivity index (χ0) is 14.9. The number of carbonyl (C=O) groups excluding carboxylic acids is 1. The van der Waals surface area contributed by atoms with Gasteiger partial charge in [-0.15, -0.1) is 11.3 Å². The van der Waals surface area contributed by atoms with Crippen molar-refractivity contribution in [2.24, 2.45) is 0 Å². The second kappa shape index (κ2) is 5.54. The summed E-state index contributed by atoms with van der Waals surface area (Å²) >= 11 is 1.14. The van der Waals surface area contributed by atoms with Crippen molar-refractivity contribution in [2.75, 3.05) is 6.54 Å². The molecule has 1 amide bonds. The van der Waals surface area contributed by atoms with Gasteiger partial charge in [0, 0.05) is 12.1 Å². The van der Waals surface area contributed by atoms with Crippen LogP contribution >= 0.6 is 11.3 Å². The van der Waals surface area contributed by atoms with Crippen LogP contribution in [0.5, 0.6) is 0 Å². The van der Waals surface area contributed by atoms with Crippen LogP contribution in [-0.4, -0.2) is 28.1 Å². The summed E-state index contributed by atoms with van der Waals surface area (Å²) in [5.41, 5.74) is -0.367. The lowest BCUT2D eigenvalue weighted by Crippen LogP contribution is -2.47. The molecule has 0 bridgehead atoms. The highest BCUT2D eigenvalue weighted by Gasteiger charge is 2.34. The van der Waals surface area contributed by atoms with Crippen molar-refractivity contribution in [2.45, 2.75) is 24.9 Å². The number of aromatic nitrogens is 1. The molecule has 1 heterocycles. The van der Waals surface area contributed by atoms with E-state index in [1.54, 1.807) is 18.2 Å². The number of nitrogens with zero attached hydrogens (tertiary/aromatic N) is 1. The van der Waals surface area contributed by atoms with Gasteiger partial charge in [0.25, 0.3) is 5.91 Å². The zero-order valence-corrected chi connectivity index (χ0v) is 12.1. The van der Waals surface area contributed by atoms with Crippen molar-refractivity contribution in [3.8, 4) is 10.6 Å². The molecule has 1 saturated carbocycles. The highest BCUT2D eigenvalue weighted by Crippen LogP contribution is 2.31. The van der Waals surface area contributed by atoms with E-state index in [1.165, 1.54) is 12.3 Å². The number of rotatable bonds is 4. The summed E-state index contributed by atoms with van der Waals surface area (Å²) in [4.78, 5) is 16.5. The largest absolute Gasteiger partial charge is 0.388 e. The third-order valence-electron chi connectivity index (χ3n) is 3.70. The molecule has 1 aliphatic rings. The van der Waals surface area contributed by atoms with Gasteiger partial charge >= 0.3 is 0 Å². The number of hydrogen-bond donors (Lipinski definition) is 2. The molecule has 3 rings (SSSR count).